The molecule has 0 bridgehead atoms. The number of nitrogens with two attached hydrogens (primary N) is 1. The predicted molar refractivity (Wildman–Crippen MR) is 108 cm³/mol. The largest absolute Gasteiger partial charge is 0.508 e. The summed E-state index contributed by atoms with van der Waals surface area (Å²) in [7, 11) is -2.01. The Labute approximate surface area is 172 Å². The van der Waals surface area contributed by atoms with Crippen molar-refractivity contribution in [1.29, 1.82) is 0 Å². The number of imidazole rings is 1. The van der Waals surface area contributed by atoms with E-state index in [9.17, 15) is 19.6 Å². The van der Waals surface area contributed by atoms with Crippen LogP contribution in [0.15, 0.2) is 6.33 Å². The molecule has 2 aromatic rings. The first-order chi connectivity index (χ1) is 13.7. The highest BCUT2D eigenvalue weighted by atomic mass is 32.2. The first kappa shape index (κ1) is 20.6. The lowest BCUT2D eigenvalue weighted by Crippen LogP contribution is -2.35. The standard InChI is InChI=1S/C17H23N5O5PS/c1-8-20-15(18)11-16(21-8)22(7-19-11)12-10-5-17(10,14(25)13(12)24)6-28(26)27-3-4-29-9(2)23/h7,10,12-14,24-25H,3-6H2,1-2H3,(H2,18,20,21)/q+1/t10-,12-,13+,14+,17-/m1/s1. The second kappa shape index (κ2) is 7.55. The van der Waals surface area contributed by atoms with E-state index in [0.717, 1.165) is 11.8 Å². The van der Waals surface area contributed by atoms with Gasteiger partial charge in [0.2, 0.25) is 0 Å². The number of aliphatic hydroxyl groups is 2. The number of anilines is 1. The Morgan fingerprint density at radius 3 is 2.97 bits per heavy atom. The summed E-state index contributed by atoms with van der Waals surface area (Å²) in [5.74, 6) is 1.12. The number of fused-ring (bicyclic) bond motifs is 2. The highest BCUT2D eigenvalue weighted by Crippen LogP contribution is 2.70. The van der Waals surface area contributed by atoms with Gasteiger partial charge >= 0.3 is 8.03 Å². The summed E-state index contributed by atoms with van der Waals surface area (Å²) in [4.78, 5) is 23.7. The first-order valence-corrected chi connectivity index (χ1v) is 11.6. The fourth-order valence-electron chi connectivity index (χ4n) is 4.43. The normalized spacial score (nSPS) is 31.1. The number of aliphatic hydroxyl groups excluding tert-OH is 2. The van der Waals surface area contributed by atoms with Crippen molar-refractivity contribution in [3.63, 3.8) is 0 Å². The molecular weight excluding hydrogens is 417 g/mol. The molecule has 6 atom stereocenters. The van der Waals surface area contributed by atoms with Crippen molar-refractivity contribution in [2.75, 3.05) is 24.3 Å². The lowest BCUT2D eigenvalue weighted by atomic mass is 10.0. The molecule has 0 radical (unpaired) electrons. The predicted octanol–water partition coefficient (Wildman–Crippen LogP) is 1.04. The Hall–Kier alpha value is -1.65. The van der Waals surface area contributed by atoms with Crippen LogP contribution >= 0.6 is 19.8 Å². The van der Waals surface area contributed by atoms with Crippen molar-refractivity contribution >= 4 is 41.9 Å². The van der Waals surface area contributed by atoms with Gasteiger partial charge in [-0.2, -0.15) is 0 Å². The van der Waals surface area contributed by atoms with Gasteiger partial charge in [-0.25, -0.2) is 15.0 Å². The monoisotopic (exact) mass is 440 g/mol. The smallest absolute Gasteiger partial charge is 0.390 e. The summed E-state index contributed by atoms with van der Waals surface area (Å²) in [6.07, 6.45) is 0.278. The van der Waals surface area contributed by atoms with E-state index in [0.29, 0.717) is 29.2 Å². The molecule has 10 nitrogen and oxygen atoms in total. The minimum atomic E-state index is -2.01. The van der Waals surface area contributed by atoms with Crippen LogP contribution in [0.25, 0.3) is 11.2 Å². The zero-order valence-corrected chi connectivity index (χ0v) is 17.8. The molecular formula is C17H23N5O5PS+. The van der Waals surface area contributed by atoms with E-state index in [1.54, 1.807) is 17.8 Å². The molecule has 4 rings (SSSR count). The second-order valence-electron chi connectivity index (χ2n) is 7.61. The third kappa shape index (κ3) is 3.55. The van der Waals surface area contributed by atoms with Gasteiger partial charge in [0.1, 0.15) is 24.1 Å². The van der Waals surface area contributed by atoms with Crippen molar-refractivity contribution in [3.05, 3.63) is 12.2 Å². The fraction of sp³-hybridized carbons (Fsp3) is 0.647. The third-order valence-electron chi connectivity index (χ3n) is 5.78. The first-order valence-electron chi connectivity index (χ1n) is 9.28. The molecule has 0 saturated heterocycles. The van der Waals surface area contributed by atoms with Gasteiger partial charge < -0.3 is 20.5 Å². The summed E-state index contributed by atoms with van der Waals surface area (Å²) in [5, 5.41) is 21.4. The summed E-state index contributed by atoms with van der Waals surface area (Å²) in [6, 6.07) is -0.444. The SMILES string of the molecule is CC(=O)SCCO[P+](=O)C[C@]12C[C@@H]1[C@@H](n1cnc3c(N)nc(C)nc31)[C@H](O)[C@@H]2O. The van der Waals surface area contributed by atoms with Crippen molar-refractivity contribution in [1.82, 2.24) is 19.5 Å². The van der Waals surface area contributed by atoms with Crippen molar-refractivity contribution in [2.45, 2.75) is 38.5 Å². The van der Waals surface area contributed by atoms with Crippen LogP contribution in [-0.2, 0) is 13.9 Å². The van der Waals surface area contributed by atoms with Crippen LogP contribution in [0, 0.1) is 18.3 Å². The van der Waals surface area contributed by atoms with E-state index in [2.05, 4.69) is 15.0 Å². The molecule has 0 aromatic carbocycles. The average molecular weight is 440 g/mol. The molecule has 2 saturated carbocycles. The van der Waals surface area contributed by atoms with Crippen LogP contribution < -0.4 is 5.73 Å². The molecule has 0 aliphatic heterocycles. The molecule has 156 valence electrons. The number of hydrogen-bond acceptors (Lipinski definition) is 10. The Morgan fingerprint density at radius 1 is 1.48 bits per heavy atom. The Balaban J connectivity index is 1.50. The molecule has 2 heterocycles. The minimum Gasteiger partial charge on any atom is -0.390 e. The molecule has 4 N–H and O–H groups in total. The maximum Gasteiger partial charge on any atom is 0.508 e. The van der Waals surface area contributed by atoms with Crippen molar-refractivity contribution in [3.8, 4) is 0 Å². The lowest BCUT2D eigenvalue weighted by Gasteiger charge is -2.23. The Bertz CT molecular complexity index is 987. The van der Waals surface area contributed by atoms with Crippen LogP contribution in [0.2, 0.25) is 0 Å². The molecule has 2 aromatic heterocycles. The Morgan fingerprint density at radius 2 is 2.24 bits per heavy atom. The highest BCUT2D eigenvalue weighted by molar-refractivity contribution is 8.13. The van der Waals surface area contributed by atoms with Gasteiger partial charge in [-0.15, -0.1) is 4.52 Å². The van der Waals surface area contributed by atoms with Gasteiger partial charge in [-0.3, -0.25) is 4.79 Å². The van der Waals surface area contributed by atoms with E-state index in [4.69, 9.17) is 10.3 Å². The quantitative estimate of drug-likeness (QED) is 0.420. The summed E-state index contributed by atoms with van der Waals surface area (Å²) in [5.41, 5.74) is 6.23. The summed E-state index contributed by atoms with van der Waals surface area (Å²) < 4.78 is 19.5. The van der Waals surface area contributed by atoms with E-state index < -0.39 is 31.7 Å². The molecule has 2 aliphatic carbocycles. The van der Waals surface area contributed by atoms with E-state index >= 15 is 0 Å². The number of nitrogen functional groups attached to an aromatic ring is 1. The summed E-state index contributed by atoms with van der Waals surface area (Å²) in [6.45, 7) is 3.39. The van der Waals surface area contributed by atoms with E-state index in [1.807, 2.05) is 0 Å². The highest BCUT2D eigenvalue weighted by Gasteiger charge is 2.74. The minimum absolute atomic E-state index is 0.0194. The molecule has 1 unspecified atom stereocenters. The number of carbonyl (C=O) groups is 1. The molecule has 0 spiro atoms. The van der Waals surface area contributed by atoms with Gasteiger partial charge in [0.15, 0.2) is 22.7 Å². The number of nitrogens with zero attached hydrogens (tertiary/aromatic N) is 4. The summed E-state index contributed by atoms with van der Waals surface area (Å²) >= 11 is 1.11. The van der Waals surface area contributed by atoms with Crippen LogP contribution in [-0.4, -0.2) is 65.6 Å². The number of carbonyl (C=O) groups excluding carboxylic acids is 1. The zero-order chi connectivity index (χ0) is 20.9. The van der Waals surface area contributed by atoms with Gasteiger partial charge in [-0.1, -0.05) is 11.8 Å². The topological polar surface area (TPSA) is 153 Å². The maximum absolute atomic E-state index is 12.4. The molecule has 2 aliphatic rings. The fourth-order valence-corrected chi connectivity index (χ4v) is 6.43. The van der Waals surface area contributed by atoms with Gasteiger partial charge in [0, 0.05) is 12.7 Å². The van der Waals surface area contributed by atoms with Crippen LogP contribution in [0.4, 0.5) is 5.82 Å². The van der Waals surface area contributed by atoms with Crippen LogP contribution in [0.3, 0.4) is 0 Å². The zero-order valence-electron chi connectivity index (χ0n) is 16.1. The molecule has 12 heteroatoms. The number of rotatable bonds is 7. The van der Waals surface area contributed by atoms with Crippen molar-refractivity contribution in [2.24, 2.45) is 11.3 Å². The molecule has 0 amide bonds. The van der Waals surface area contributed by atoms with Gasteiger partial charge in [0.05, 0.1) is 23.9 Å². The van der Waals surface area contributed by atoms with Crippen LogP contribution in [0.1, 0.15) is 25.2 Å². The lowest BCUT2D eigenvalue weighted by molar-refractivity contribution is -0.109. The van der Waals surface area contributed by atoms with Crippen LogP contribution in [0.5, 0.6) is 0 Å². The van der Waals surface area contributed by atoms with Gasteiger partial charge in [0.25, 0.3) is 0 Å². The third-order valence-corrected chi connectivity index (χ3v) is 7.88. The number of aromatic nitrogens is 4. The maximum atomic E-state index is 12.4. The number of hydrogen-bond donors (Lipinski definition) is 3. The number of aryl methyl sites for hydroxylation is 1. The van der Waals surface area contributed by atoms with E-state index in [-0.39, 0.29) is 29.6 Å². The van der Waals surface area contributed by atoms with E-state index in [1.165, 1.54) is 6.92 Å². The molecule has 29 heavy (non-hydrogen) atoms. The Kier molecular flexibility index (Phi) is 5.37. The number of thioether (sulfide) groups is 1. The van der Waals surface area contributed by atoms with Gasteiger partial charge in [-0.05, 0) is 23.8 Å². The average Bonchev–Trinajstić information content (AvgIpc) is 3.12. The molecule has 2 fully saturated rings. The second-order valence-corrected chi connectivity index (χ2v) is 10.1. The van der Waals surface area contributed by atoms with Crippen molar-refractivity contribution < 1.29 is 24.1 Å².